The van der Waals surface area contributed by atoms with E-state index in [0.29, 0.717) is 6.54 Å². The van der Waals surface area contributed by atoms with Crippen LogP contribution in [0.25, 0.3) is 0 Å². The molecule has 0 saturated carbocycles. The summed E-state index contributed by atoms with van der Waals surface area (Å²) in [7, 11) is 2.83. The van der Waals surface area contributed by atoms with Crippen LogP contribution in [-0.4, -0.2) is 38.6 Å². The van der Waals surface area contributed by atoms with Crippen LogP contribution < -0.4 is 20.1 Å². The molecule has 0 fully saturated rings. The predicted molar refractivity (Wildman–Crippen MR) is 128 cm³/mol. The van der Waals surface area contributed by atoms with Crippen LogP contribution in [0, 0.1) is 0 Å². The molecule has 176 valence electrons. The molecule has 0 saturated heterocycles. The number of anilines is 1. The first-order chi connectivity index (χ1) is 16.4. The number of carbonyl (C=O) groups excluding carboxylic acids is 3. The fourth-order valence-electron chi connectivity index (χ4n) is 3.04. The lowest BCUT2D eigenvalue weighted by Crippen LogP contribution is -2.28. The number of esters is 1. The third-order valence-corrected chi connectivity index (χ3v) is 5.11. The predicted octanol–water partition coefficient (Wildman–Crippen LogP) is 4.08. The largest absolute Gasteiger partial charge is 0.493 e. The monoisotopic (exact) mass is 482 g/mol. The van der Waals surface area contributed by atoms with Crippen molar-refractivity contribution < 1.29 is 28.6 Å². The highest BCUT2D eigenvalue weighted by Crippen LogP contribution is 2.34. The zero-order valence-corrected chi connectivity index (χ0v) is 19.3. The fraction of sp³-hybridized carbons (Fsp3) is 0.160. The van der Waals surface area contributed by atoms with Gasteiger partial charge in [0.25, 0.3) is 11.8 Å². The topological polar surface area (TPSA) is 103 Å². The highest BCUT2D eigenvalue weighted by molar-refractivity contribution is 6.34. The van der Waals surface area contributed by atoms with E-state index in [0.717, 1.165) is 5.56 Å². The maximum Gasteiger partial charge on any atom is 0.340 e. The van der Waals surface area contributed by atoms with Gasteiger partial charge in [-0.05, 0) is 17.7 Å². The van der Waals surface area contributed by atoms with E-state index in [1.165, 1.54) is 26.4 Å². The SMILES string of the molecule is COc1cc(NC(=O)c2ccccc2Cl)c(C(=O)OCC(=O)NCc2ccccc2)cc1OC. The van der Waals surface area contributed by atoms with Crippen LogP contribution in [-0.2, 0) is 16.1 Å². The highest BCUT2D eigenvalue weighted by atomic mass is 35.5. The fourth-order valence-corrected chi connectivity index (χ4v) is 3.26. The lowest BCUT2D eigenvalue weighted by Gasteiger charge is -2.15. The molecule has 2 N–H and O–H groups in total. The van der Waals surface area contributed by atoms with E-state index in [9.17, 15) is 14.4 Å². The van der Waals surface area contributed by atoms with Gasteiger partial charge in [0.15, 0.2) is 18.1 Å². The van der Waals surface area contributed by atoms with E-state index in [2.05, 4.69) is 10.6 Å². The lowest BCUT2D eigenvalue weighted by atomic mass is 10.1. The van der Waals surface area contributed by atoms with E-state index in [1.807, 2.05) is 30.3 Å². The molecule has 0 atom stereocenters. The number of benzene rings is 3. The number of nitrogens with one attached hydrogen (secondary N) is 2. The molecule has 0 spiro atoms. The van der Waals surface area contributed by atoms with Crippen LogP contribution in [0.2, 0.25) is 5.02 Å². The normalized spacial score (nSPS) is 10.2. The van der Waals surface area contributed by atoms with Gasteiger partial charge in [0.2, 0.25) is 0 Å². The van der Waals surface area contributed by atoms with Gasteiger partial charge in [0.05, 0.1) is 36.1 Å². The molecule has 9 heteroatoms. The van der Waals surface area contributed by atoms with E-state index in [-0.39, 0.29) is 33.3 Å². The molecular weight excluding hydrogens is 460 g/mol. The summed E-state index contributed by atoms with van der Waals surface area (Å²) >= 11 is 6.11. The summed E-state index contributed by atoms with van der Waals surface area (Å²) < 4.78 is 15.7. The van der Waals surface area contributed by atoms with Gasteiger partial charge in [-0.15, -0.1) is 0 Å². The van der Waals surface area contributed by atoms with Crippen molar-refractivity contribution in [2.24, 2.45) is 0 Å². The molecular formula is C25H23ClN2O6. The number of hydrogen-bond donors (Lipinski definition) is 2. The average molecular weight is 483 g/mol. The summed E-state index contributed by atoms with van der Waals surface area (Å²) in [5, 5.41) is 5.57. The quantitative estimate of drug-likeness (QED) is 0.445. The Bertz CT molecular complexity index is 1180. The molecule has 0 unspecified atom stereocenters. The third-order valence-electron chi connectivity index (χ3n) is 4.78. The number of ether oxygens (including phenoxy) is 3. The lowest BCUT2D eigenvalue weighted by molar-refractivity contribution is -0.124. The van der Waals surface area contributed by atoms with Crippen molar-refractivity contribution in [3.05, 3.63) is 88.4 Å². The maximum absolute atomic E-state index is 12.8. The van der Waals surface area contributed by atoms with Gasteiger partial charge in [0.1, 0.15) is 0 Å². The Morgan fingerprint density at radius 2 is 1.50 bits per heavy atom. The van der Waals surface area contributed by atoms with Crippen molar-refractivity contribution in [1.29, 1.82) is 0 Å². The zero-order chi connectivity index (χ0) is 24.5. The number of halogens is 1. The Balaban J connectivity index is 1.75. The van der Waals surface area contributed by atoms with E-state index < -0.39 is 24.4 Å². The second-order valence-electron chi connectivity index (χ2n) is 7.03. The molecule has 34 heavy (non-hydrogen) atoms. The van der Waals surface area contributed by atoms with Crippen molar-refractivity contribution in [2.45, 2.75) is 6.54 Å². The van der Waals surface area contributed by atoms with E-state index in [4.69, 9.17) is 25.8 Å². The summed E-state index contributed by atoms with van der Waals surface area (Å²) in [5.41, 5.74) is 1.22. The minimum atomic E-state index is -0.828. The second-order valence-corrected chi connectivity index (χ2v) is 7.43. The molecule has 0 aliphatic heterocycles. The van der Waals surface area contributed by atoms with Crippen LogP contribution in [0.3, 0.4) is 0 Å². The molecule has 3 aromatic rings. The molecule has 0 heterocycles. The van der Waals surface area contributed by atoms with Crippen LogP contribution in [0.15, 0.2) is 66.7 Å². The van der Waals surface area contributed by atoms with Crippen molar-refractivity contribution in [1.82, 2.24) is 5.32 Å². The van der Waals surface area contributed by atoms with E-state index in [1.54, 1.807) is 24.3 Å². The minimum absolute atomic E-state index is 0.0195. The molecule has 0 radical (unpaired) electrons. The second kappa shape index (κ2) is 11.7. The molecule has 0 aliphatic carbocycles. The average Bonchev–Trinajstić information content (AvgIpc) is 2.86. The van der Waals surface area contributed by atoms with Gasteiger partial charge >= 0.3 is 5.97 Å². The van der Waals surface area contributed by atoms with Crippen LogP contribution >= 0.6 is 11.6 Å². The van der Waals surface area contributed by atoms with Gasteiger partial charge in [-0.2, -0.15) is 0 Å². The minimum Gasteiger partial charge on any atom is -0.493 e. The summed E-state index contributed by atoms with van der Waals surface area (Å²) in [6, 6.07) is 18.6. The number of methoxy groups -OCH3 is 2. The first-order valence-electron chi connectivity index (χ1n) is 10.2. The number of rotatable bonds is 9. The summed E-state index contributed by atoms with van der Waals surface area (Å²) in [6.45, 7) is -0.204. The smallest absolute Gasteiger partial charge is 0.340 e. The summed E-state index contributed by atoms with van der Waals surface area (Å²) in [5.74, 6) is -1.30. The van der Waals surface area contributed by atoms with Gasteiger partial charge in [-0.1, -0.05) is 54.1 Å². The Labute approximate surface area is 201 Å². The van der Waals surface area contributed by atoms with Crippen LogP contribution in [0.1, 0.15) is 26.3 Å². The highest BCUT2D eigenvalue weighted by Gasteiger charge is 2.21. The summed E-state index contributed by atoms with van der Waals surface area (Å²) in [4.78, 5) is 37.7. The van der Waals surface area contributed by atoms with Gasteiger partial charge in [-0.25, -0.2) is 4.79 Å². The van der Waals surface area contributed by atoms with E-state index >= 15 is 0 Å². The Kier molecular flexibility index (Phi) is 8.48. The molecule has 3 aromatic carbocycles. The van der Waals surface area contributed by atoms with Crippen LogP contribution in [0.5, 0.6) is 11.5 Å². The van der Waals surface area contributed by atoms with Gasteiger partial charge < -0.3 is 24.8 Å². The standard InChI is InChI=1S/C25H23ClN2O6/c1-32-21-12-18(25(31)34-15-23(29)27-14-16-8-4-3-5-9-16)20(13-22(21)33-2)28-24(30)17-10-6-7-11-19(17)26/h3-13H,14-15H2,1-2H3,(H,27,29)(H,28,30). The molecule has 3 rings (SSSR count). The van der Waals surface area contributed by atoms with Crippen molar-refractivity contribution in [3.8, 4) is 11.5 Å². The molecule has 8 nitrogen and oxygen atoms in total. The van der Waals surface area contributed by atoms with Crippen molar-refractivity contribution in [3.63, 3.8) is 0 Å². The zero-order valence-electron chi connectivity index (χ0n) is 18.6. The number of carbonyl (C=O) groups is 3. The number of hydrogen-bond acceptors (Lipinski definition) is 6. The Morgan fingerprint density at radius 3 is 2.18 bits per heavy atom. The van der Waals surface area contributed by atoms with Crippen LogP contribution in [0.4, 0.5) is 5.69 Å². The third kappa shape index (κ3) is 6.26. The van der Waals surface area contributed by atoms with Crippen molar-refractivity contribution in [2.75, 3.05) is 26.1 Å². The summed E-state index contributed by atoms with van der Waals surface area (Å²) in [6.07, 6.45) is 0. The Hall–Kier alpha value is -4.04. The van der Waals surface area contributed by atoms with Crippen molar-refractivity contribution >= 4 is 35.1 Å². The first kappa shape index (κ1) is 24.6. The number of amides is 2. The van der Waals surface area contributed by atoms with Gasteiger partial charge in [0, 0.05) is 18.7 Å². The van der Waals surface area contributed by atoms with Gasteiger partial charge in [-0.3, -0.25) is 9.59 Å². The molecule has 0 bridgehead atoms. The molecule has 2 amide bonds. The molecule has 0 aromatic heterocycles. The Morgan fingerprint density at radius 1 is 0.853 bits per heavy atom. The first-order valence-corrected chi connectivity index (χ1v) is 10.6. The maximum atomic E-state index is 12.8. The molecule has 0 aliphatic rings.